The Morgan fingerprint density at radius 3 is 2.88 bits per heavy atom. The van der Waals surface area contributed by atoms with E-state index in [0.717, 1.165) is 16.5 Å². The number of hydrogen-bond donors (Lipinski definition) is 2. The third kappa shape index (κ3) is 3.19. The lowest BCUT2D eigenvalue weighted by Crippen LogP contribution is -2.37. The van der Waals surface area contributed by atoms with Gasteiger partial charge < -0.3 is 9.88 Å². The van der Waals surface area contributed by atoms with Gasteiger partial charge in [-0.25, -0.2) is 9.98 Å². The van der Waals surface area contributed by atoms with Crippen LogP contribution in [0.1, 0.15) is 11.1 Å². The number of halogens is 1. The molecule has 1 aromatic carbocycles. The van der Waals surface area contributed by atoms with Gasteiger partial charge in [-0.15, -0.1) is 0 Å². The third-order valence-corrected chi connectivity index (χ3v) is 4.34. The molecule has 2 aromatic heterocycles. The number of aliphatic imine (C=N–C) groups is 1. The lowest BCUT2D eigenvalue weighted by Gasteiger charge is -2.17. The maximum Gasteiger partial charge on any atom is 0.276 e. The van der Waals surface area contributed by atoms with E-state index in [2.05, 4.69) is 20.3 Å². The lowest BCUT2D eigenvalue weighted by molar-refractivity contribution is -0.115. The van der Waals surface area contributed by atoms with Gasteiger partial charge in [0.2, 0.25) is 5.96 Å². The molecule has 3 heterocycles. The van der Waals surface area contributed by atoms with Crippen molar-refractivity contribution in [2.24, 2.45) is 4.99 Å². The van der Waals surface area contributed by atoms with Crippen LogP contribution in [0.3, 0.4) is 0 Å². The Balaban J connectivity index is 1.61. The topological polar surface area (TPSA) is 73.4 Å². The number of aromatic amines is 1. The normalized spacial score (nSPS) is 15.4. The van der Waals surface area contributed by atoms with Gasteiger partial charge in [0.15, 0.2) is 0 Å². The van der Waals surface area contributed by atoms with Crippen LogP contribution in [-0.4, -0.2) is 33.8 Å². The summed E-state index contributed by atoms with van der Waals surface area (Å²) in [5, 5.41) is 4.20. The van der Waals surface area contributed by atoms with Crippen molar-refractivity contribution < 1.29 is 4.79 Å². The average molecular weight is 366 g/mol. The molecule has 0 saturated heterocycles. The summed E-state index contributed by atoms with van der Waals surface area (Å²) in [6, 6.07) is 11.8. The smallest absolute Gasteiger partial charge is 0.276 e. The second-order valence-corrected chi connectivity index (χ2v) is 6.49. The van der Waals surface area contributed by atoms with E-state index in [4.69, 9.17) is 11.6 Å². The number of fused-ring (bicyclic) bond motifs is 1. The molecule has 0 aliphatic carbocycles. The van der Waals surface area contributed by atoms with E-state index in [1.54, 1.807) is 18.5 Å². The van der Waals surface area contributed by atoms with Gasteiger partial charge in [0.25, 0.3) is 5.91 Å². The van der Waals surface area contributed by atoms with Crippen molar-refractivity contribution in [1.82, 2.24) is 20.2 Å². The van der Waals surface area contributed by atoms with Crippen LogP contribution in [0.25, 0.3) is 17.1 Å². The first-order valence-corrected chi connectivity index (χ1v) is 8.47. The van der Waals surface area contributed by atoms with Crippen molar-refractivity contribution in [3.8, 4) is 0 Å². The summed E-state index contributed by atoms with van der Waals surface area (Å²) in [6.45, 7) is 0.653. The molecule has 0 spiro atoms. The zero-order valence-electron chi connectivity index (χ0n) is 14.0. The van der Waals surface area contributed by atoms with Crippen molar-refractivity contribution in [2.45, 2.75) is 6.54 Å². The molecule has 26 heavy (non-hydrogen) atoms. The number of rotatable bonds is 3. The number of amides is 1. The largest absolute Gasteiger partial charge is 0.346 e. The van der Waals surface area contributed by atoms with Crippen molar-refractivity contribution in [1.29, 1.82) is 0 Å². The van der Waals surface area contributed by atoms with Crippen LogP contribution < -0.4 is 5.32 Å². The lowest BCUT2D eigenvalue weighted by atomic mass is 10.2. The van der Waals surface area contributed by atoms with Crippen LogP contribution in [0.4, 0.5) is 0 Å². The average Bonchev–Trinajstić information content (AvgIpc) is 3.20. The molecule has 0 saturated carbocycles. The molecule has 0 bridgehead atoms. The molecule has 3 aromatic rings. The number of carbonyl (C=O) groups is 1. The van der Waals surface area contributed by atoms with Gasteiger partial charge in [0, 0.05) is 36.9 Å². The SMILES string of the molecule is CN(Cc1ccccc1)C1=N/C(=C\c2c[nH]c3ncc(Cl)cc23)C(=O)N1. The Morgan fingerprint density at radius 1 is 1.27 bits per heavy atom. The van der Waals surface area contributed by atoms with Crippen LogP contribution in [0.2, 0.25) is 5.02 Å². The van der Waals surface area contributed by atoms with E-state index in [1.165, 1.54) is 0 Å². The standard InChI is InChI=1S/C19H16ClN5O/c1-25(11-12-5-3-2-4-6-12)19-23-16(18(26)24-19)7-13-9-21-17-15(13)8-14(20)10-22-17/h2-10H,11H2,1H3,(H,21,22)(H,23,24,26)/b16-7-. The van der Waals surface area contributed by atoms with Gasteiger partial charge in [0.1, 0.15) is 11.3 Å². The van der Waals surface area contributed by atoms with Crippen LogP contribution >= 0.6 is 11.6 Å². The molecule has 1 aliphatic heterocycles. The summed E-state index contributed by atoms with van der Waals surface area (Å²) in [5.74, 6) is 0.297. The Labute approximate surface area is 155 Å². The first-order chi connectivity index (χ1) is 12.6. The highest BCUT2D eigenvalue weighted by molar-refractivity contribution is 6.31. The number of hydrogen-bond acceptors (Lipinski definition) is 4. The summed E-state index contributed by atoms with van der Waals surface area (Å²) >= 11 is 6.02. The molecule has 0 fully saturated rings. The minimum absolute atomic E-state index is 0.232. The molecule has 0 unspecified atom stereocenters. The van der Waals surface area contributed by atoms with E-state index >= 15 is 0 Å². The number of pyridine rings is 1. The molecule has 1 amide bonds. The molecule has 0 radical (unpaired) electrons. The van der Waals surface area contributed by atoms with Gasteiger partial charge in [-0.05, 0) is 17.7 Å². The second-order valence-electron chi connectivity index (χ2n) is 6.05. The highest BCUT2D eigenvalue weighted by Crippen LogP contribution is 2.23. The fraction of sp³-hybridized carbons (Fsp3) is 0.105. The predicted octanol–water partition coefficient (Wildman–Crippen LogP) is 3.18. The fourth-order valence-corrected chi connectivity index (χ4v) is 2.99. The molecule has 4 rings (SSSR count). The van der Waals surface area contributed by atoms with Gasteiger partial charge in [-0.3, -0.25) is 10.1 Å². The van der Waals surface area contributed by atoms with Crippen LogP contribution in [0.5, 0.6) is 0 Å². The number of nitrogens with zero attached hydrogens (tertiary/aromatic N) is 3. The van der Waals surface area contributed by atoms with Crippen molar-refractivity contribution >= 4 is 40.6 Å². The fourth-order valence-electron chi connectivity index (χ4n) is 2.83. The van der Waals surface area contributed by atoms with E-state index in [-0.39, 0.29) is 5.91 Å². The Kier molecular flexibility index (Phi) is 4.18. The summed E-state index contributed by atoms with van der Waals surface area (Å²) in [5.41, 5.74) is 3.02. The van der Waals surface area contributed by atoms with Crippen LogP contribution in [-0.2, 0) is 11.3 Å². The number of carbonyl (C=O) groups excluding carboxylic acids is 1. The van der Waals surface area contributed by atoms with Crippen molar-refractivity contribution in [3.63, 3.8) is 0 Å². The highest BCUT2D eigenvalue weighted by atomic mass is 35.5. The third-order valence-electron chi connectivity index (χ3n) is 4.13. The first kappa shape index (κ1) is 16.4. The monoisotopic (exact) mass is 365 g/mol. The van der Waals surface area contributed by atoms with Gasteiger partial charge in [-0.1, -0.05) is 41.9 Å². The Bertz CT molecular complexity index is 1040. The maximum absolute atomic E-state index is 12.3. The summed E-state index contributed by atoms with van der Waals surface area (Å²) < 4.78 is 0. The molecule has 0 atom stereocenters. The molecular formula is C19H16ClN5O. The zero-order chi connectivity index (χ0) is 18.1. The number of guanidine groups is 1. The highest BCUT2D eigenvalue weighted by Gasteiger charge is 2.23. The van der Waals surface area contributed by atoms with Crippen molar-refractivity contribution in [3.05, 3.63) is 70.6 Å². The zero-order valence-corrected chi connectivity index (χ0v) is 14.8. The molecule has 6 nitrogen and oxygen atoms in total. The van der Waals surface area contributed by atoms with Crippen LogP contribution in [0, 0.1) is 0 Å². The minimum atomic E-state index is -0.232. The molecule has 1 aliphatic rings. The second kappa shape index (κ2) is 6.65. The van der Waals surface area contributed by atoms with E-state index < -0.39 is 0 Å². The minimum Gasteiger partial charge on any atom is -0.346 e. The Hall–Kier alpha value is -3.12. The van der Waals surface area contributed by atoms with Crippen molar-refractivity contribution in [2.75, 3.05) is 7.05 Å². The first-order valence-electron chi connectivity index (χ1n) is 8.09. The number of aromatic nitrogens is 2. The number of benzene rings is 1. The quantitative estimate of drug-likeness (QED) is 0.700. The summed E-state index contributed by atoms with van der Waals surface area (Å²) in [4.78, 5) is 25.9. The molecule has 2 N–H and O–H groups in total. The molecular weight excluding hydrogens is 350 g/mol. The Morgan fingerprint density at radius 2 is 2.08 bits per heavy atom. The molecule has 130 valence electrons. The summed E-state index contributed by atoms with van der Waals surface area (Å²) in [6.07, 6.45) is 5.10. The van der Waals surface area contributed by atoms with Gasteiger partial charge in [0.05, 0.1) is 5.02 Å². The number of H-pyrrole nitrogens is 1. The molecule has 7 heteroatoms. The van der Waals surface area contributed by atoms with E-state index in [0.29, 0.717) is 28.9 Å². The summed E-state index contributed by atoms with van der Waals surface area (Å²) in [7, 11) is 1.89. The predicted molar refractivity (Wildman–Crippen MR) is 103 cm³/mol. The number of nitrogens with one attached hydrogen (secondary N) is 2. The van der Waals surface area contributed by atoms with E-state index in [1.807, 2.05) is 48.3 Å². The van der Waals surface area contributed by atoms with Gasteiger partial charge in [-0.2, -0.15) is 0 Å². The van der Waals surface area contributed by atoms with Gasteiger partial charge >= 0.3 is 0 Å². The van der Waals surface area contributed by atoms with E-state index in [9.17, 15) is 4.79 Å². The maximum atomic E-state index is 12.3. The van der Waals surface area contributed by atoms with Crippen LogP contribution in [0.15, 0.2) is 59.5 Å².